The van der Waals surface area contributed by atoms with Gasteiger partial charge in [-0.15, -0.1) is 0 Å². The van der Waals surface area contributed by atoms with Crippen LogP contribution in [0.5, 0.6) is 0 Å². The van der Waals surface area contributed by atoms with Gasteiger partial charge in [0.05, 0.1) is 5.41 Å². The van der Waals surface area contributed by atoms with E-state index in [9.17, 15) is 4.79 Å². The van der Waals surface area contributed by atoms with E-state index < -0.39 is 0 Å². The zero-order valence-electron chi connectivity index (χ0n) is 8.22. The molecule has 2 heteroatoms. The first-order chi connectivity index (χ1) is 6.72. The van der Waals surface area contributed by atoms with E-state index in [1.165, 1.54) is 0 Å². The summed E-state index contributed by atoms with van der Waals surface area (Å²) in [5.74, 6) is 0. The lowest BCUT2D eigenvalue weighted by Gasteiger charge is -2.09. The van der Waals surface area contributed by atoms with Crippen LogP contribution in [0.3, 0.4) is 0 Å². The maximum Gasteiger partial charge on any atom is 0.130 e. The van der Waals surface area contributed by atoms with Crippen molar-refractivity contribution in [2.45, 2.75) is 31.6 Å². The molecule has 1 aliphatic rings. The van der Waals surface area contributed by atoms with Crippen LogP contribution in [0.4, 0.5) is 0 Å². The lowest BCUT2D eigenvalue weighted by Crippen LogP contribution is -2.07. The molecule has 74 valence electrons. The fourth-order valence-electron chi connectivity index (χ4n) is 1.75. The van der Waals surface area contributed by atoms with E-state index in [2.05, 4.69) is 6.92 Å². The lowest BCUT2D eigenvalue weighted by atomic mass is 9.96. The van der Waals surface area contributed by atoms with Gasteiger partial charge in [-0.2, -0.15) is 0 Å². The lowest BCUT2D eigenvalue weighted by molar-refractivity contribution is -0.109. The third-order valence-electron chi connectivity index (χ3n) is 3.02. The molecule has 0 spiro atoms. The molecule has 1 aliphatic carbocycles. The van der Waals surface area contributed by atoms with Gasteiger partial charge in [-0.3, -0.25) is 0 Å². The number of carbonyl (C=O) groups excluding carboxylic acids is 1. The second-order valence-electron chi connectivity index (χ2n) is 3.93. The van der Waals surface area contributed by atoms with Crippen LogP contribution in [0, 0.1) is 0 Å². The molecule has 0 atom stereocenters. The smallest absolute Gasteiger partial charge is 0.130 e. The molecular formula is C12H13ClO. The second kappa shape index (κ2) is 3.39. The number of hydrogen-bond donors (Lipinski definition) is 0. The number of carbonyl (C=O) groups is 1. The molecule has 0 N–H and O–H groups in total. The van der Waals surface area contributed by atoms with E-state index in [1.54, 1.807) is 0 Å². The summed E-state index contributed by atoms with van der Waals surface area (Å²) in [4.78, 5) is 10.9. The maximum atomic E-state index is 10.9. The van der Waals surface area contributed by atoms with Crippen molar-refractivity contribution in [3.8, 4) is 0 Å². The van der Waals surface area contributed by atoms with E-state index in [-0.39, 0.29) is 5.41 Å². The first-order valence-corrected chi connectivity index (χ1v) is 5.35. The highest BCUT2D eigenvalue weighted by Gasteiger charge is 2.44. The summed E-state index contributed by atoms with van der Waals surface area (Å²) in [6, 6.07) is 6.01. The predicted molar refractivity (Wildman–Crippen MR) is 57.8 cm³/mol. The van der Waals surface area contributed by atoms with Crippen LogP contribution in [0.25, 0.3) is 0 Å². The Bertz CT molecular complexity index is 367. The molecule has 0 saturated heterocycles. The molecule has 0 heterocycles. The number of aryl methyl sites for hydroxylation is 1. The molecule has 0 amide bonds. The Kier molecular flexibility index (Phi) is 2.36. The van der Waals surface area contributed by atoms with Gasteiger partial charge in [0.1, 0.15) is 6.29 Å². The van der Waals surface area contributed by atoms with E-state index >= 15 is 0 Å². The molecule has 0 aliphatic heterocycles. The number of hydrogen-bond acceptors (Lipinski definition) is 1. The second-order valence-corrected chi connectivity index (χ2v) is 4.34. The zero-order valence-corrected chi connectivity index (χ0v) is 8.97. The fourth-order valence-corrected chi connectivity index (χ4v) is 2.07. The van der Waals surface area contributed by atoms with Gasteiger partial charge < -0.3 is 4.79 Å². The van der Waals surface area contributed by atoms with Crippen molar-refractivity contribution in [1.29, 1.82) is 0 Å². The zero-order chi connectivity index (χ0) is 10.2. The molecule has 1 nitrogen and oxygen atoms in total. The molecule has 1 fully saturated rings. The standard InChI is InChI=1S/C12H13ClO/c1-2-9-3-4-10(7-11(9)13)12(8-14)5-6-12/h3-4,7-8H,2,5-6H2,1H3. The number of benzene rings is 1. The third kappa shape index (κ3) is 1.46. The van der Waals surface area contributed by atoms with E-state index in [4.69, 9.17) is 11.6 Å². The summed E-state index contributed by atoms with van der Waals surface area (Å²) >= 11 is 6.10. The van der Waals surface area contributed by atoms with Crippen molar-refractivity contribution in [2.75, 3.05) is 0 Å². The highest BCUT2D eigenvalue weighted by Crippen LogP contribution is 2.46. The van der Waals surface area contributed by atoms with Gasteiger partial charge in [0.15, 0.2) is 0 Å². The monoisotopic (exact) mass is 208 g/mol. The minimum Gasteiger partial charge on any atom is -0.302 e. The van der Waals surface area contributed by atoms with Crippen molar-refractivity contribution in [1.82, 2.24) is 0 Å². The van der Waals surface area contributed by atoms with Crippen molar-refractivity contribution in [3.05, 3.63) is 34.3 Å². The topological polar surface area (TPSA) is 17.1 Å². The highest BCUT2D eigenvalue weighted by molar-refractivity contribution is 6.31. The average Bonchev–Trinajstić information content (AvgIpc) is 2.98. The number of rotatable bonds is 3. The molecular weight excluding hydrogens is 196 g/mol. The van der Waals surface area contributed by atoms with Gasteiger partial charge >= 0.3 is 0 Å². The highest BCUT2D eigenvalue weighted by atomic mass is 35.5. The molecule has 14 heavy (non-hydrogen) atoms. The van der Waals surface area contributed by atoms with Crippen LogP contribution in [0.15, 0.2) is 18.2 Å². The molecule has 0 aromatic heterocycles. The molecule has 0 unspecified atom stereocenters. The van der Waals surface area contributed by atoms with E-state index in [1.807, 2.05) is 18.2 Å². The van der Waals surface area contributed by atoms with Crippen molar-refractivity contribution in [3.63, 3.8) is 0 Å². The summed E-state index contributed by atoms with van der Waals surface area (Å²) in [6.07, 6.45) is 3.94. The van der Waals surface area contributed by atoms with Gasteiger partial charge in [0.2, 0.25) is 0 Å². The summed E-state index contributed by atoms with van der Waals surface area (Å²) in [7, 11) is 0. The fraction of sp³-hybridized carbons (Fsp3) is 0.417. The normalized spacial score (nSPS) is 17.9. The summed E-state index contributed by atoms with van der Waals surface area (Å²) in [5, 5.41) is 0.790. The van der Waals surface area contributed by atoms with E-state index in [0.29, 0.717) is 0 Å². The summed E-state index contributed by atoms with van der Waals surface area (Å²) in [6.45, 7) is 2.08. The SMILES string of the molecule is CCc1ccc(C2(C=O)CC2)cc1Cl. The van der Waals surface area contributed by atoms with Gasteiger partial charge in [0.25, 0.3) is 0 Å². The van der Waals surface area contributed by atoms with Gasteiger partial charge in [-0.1, -0.05) is 30.7 Å². The van der Waals surface area contributed by atoms with Crippen LogP contribution in [-0.2, 0) is 16.6 Å². The number of halogens is 1. The average molecular weight is 209 g/mol. The van der Waals surface area contributed by atoms with Crippen LogP contribution >= 0.6 is 11.6 Å². The Labute approximate surface area is 89.1 Å². The summed E-state index contributed by atoms with van der Waals surface area (Å²) < 4.78 is 0. The predicted octanol–water partition coefficient (Wildman–Crippen LogP) is 3.13. The Morgan fingerprint density at radius 3 is 2.64 bits per heavy atom. The molecule has 1 aromatic rings. The van der Waals surface area contributed by atoms with Crippen molar-refractivity contribution >= 4 is 17.9 Å². The first-order valence-electron chi connectivity index (χ1n) is 4.97. The molecule has 1 aromatic carbocycles. The Balaban J connectivity index is 2.38. The third-order valence-corrected chi connectivity index (χ3v) is 3.37. The summed E-state index contributed by atoms with van der Waals surface area (Å²) in [5.41, 5.74) is 2.03. The number of aldehydes is 1. The van der Waals surface area contributed by atoms with Crippen molar-refractivity contribution < 1.29 is 4.79 Å². The molecule has 0 radical (unpaired) electrons. The van der Waals surface area contributed by atoms with Crippen LogP contribution in [0.2, 0.25) is 5.02 Å². The van der Waals surface area contributed by atoms with Crippen LogP contribution in [0.1, 0.15) is 30.9 Å². The maximum absolute atomic E-state index is 10.9. The first kappa shape index (κ1) is 9.72. The molecule has 2 rings (SSSR count). The van der Waals surface area contributed by atoms with Gasteiger partial charge in [0, 0.05) is 5.02 Å². The van der Waals surface area contributed by atoms with Crippen LogP contribution < -0.4 is 0 Å². The van der Waals surface area contributed by atoms with Gasteiger partial charge in [-0.25, -0.2) is 0 Å². The van der Waals surface area contributed by atoms with Crippen LogP contribution in [-0.4, -0.2) is 6.29 Å². The quantitative estimate of drug-likeness (QED) is 0.698. The Hall–Kier alpha value is -0.820. The largest absolute Gasteiger partial charge is 0.302 e. The minimum absolute atomic E-state index is 0.199. The minimum atomic E-state index is -0.199. The Morgan fingerprint density at radius 1 is 1.50 bits per heavy atom. The van der Waals surface area contributed by atoms with Gasteiger partial charge in [-0.05, 0) is 36.5 Å². The molecule has 0 bridgehead atoms. The van der Waals surface area contributed by atoms with E-state index in [0.717, 1.165) is 41.7 Å². The van der Waals surface area contributed by atoms with Crippen molar-refractivity contribution in [2.24, 2.45) is 0 Å². The Morgan fingerprint density at radius 2 is 2.21 bits per heavy atom. The molecule has 1 saturated carbocycles.